The number of rotatable bonds is 7. The third-order valence-corrected chi connectivity index (χ3v) is 5.38. The highest BCUT2D eigenvalue weighted by atomic mass is 32.2. The van der Waals surface area contributed by atoms with Gasteiger partial charge in [0.15, 0.2) is 0 Å². The summed E-state index contributed by atoms with van der Waals surface area (Å²) in [7, 11) is 0. The van der Waals surface area contributed by atoms with E-state index in [1.54, 1.807) is 0 Å². The zero-order valence-corrected chi connectivity index (χ0v) is 13.7. The second-order valence-electron chi connectivity index (χ2n) is 5.51. The van der Waals surface area contributed by atoms with Gasteiger partial charge >= 0.3 is 0 Å². The minimum atomic E-state index is 0.831. The van der Waals surface area contributed by atoms with Crippen molar-refractivity contribution < 1.29 is 0 Å². The first kappa shape index (κ1) is 15.9. The van der Waals surface area contributed by atoms with Crippen LogP contribution in [0, 0.1) is 0 Å². The molecule has 0 bridgehead atoms. The molecule has 0 amide bonds. The number of hydrogen-bond donors (Lipinski definition) is 1. The first-order valence-electron chi connectivity index (χ1n) is 7.95. The maximum atomic E-state index is 3.43. The van der Waals surface area contributed by atoms with Gasteiger partial charge in [0.05, 0.1) is 0 Å². The van der Waals surface area contributed by atoms with Crippen molar-refractivity contribution in [3.63, 3.8) is 0 Å². The van der Waals surface area contributed by atoms with Crippen molar-refractivity contribution in [2.24, 2.45) is 0 Å². The van der Waals surface area contributed by atoms with Crippen LogP contribution in [0.5, 0.6) is 0 Å². The van der Waals surface area contributed by atoms with Crippen LogP contribution in [0.2, 0.25) is 0 Å². The van der Waals surface area contributed by atoms with E-state index in [4.69, 9.17) is 0 Å². The van der Waals surface area contributed by atoms with Gasteiger partial charge in [0.2, 0.25) is 0 Å². The van der Waals surface area contributed by atoms with Crippen LogP contribution in [-0.4, -0.2) is 42.1 Å². The standard InChI is InChI=1S/C17H28N2S/c1-3-17-14-19(11-12-20-17)13-16-8-6-5-7-15(16)9-10-18-4-2/h5-8,17-18H,3-4,9-14H2,1-2H3. The molecule has 1 aliphatic rings. The SMILES string of the molecule is CCNCCc1ccccc1CN1CCSC(CC)C1. The predicted molar refractivity (Wildman–Crippen MR) is 90.5 cm³/mol. The van der Waals surface area contributed by atoms with Crippen LogP contribution in [0.15, 0.2) is 24.3 Å². The molecule has 1 fully saturated rings. The molecule has 1 aromatic rings. The lowest BCUT2D eigenvalue weighted by Gasteiger charge is -2.32. The van der Waals surface area contributed by atoms with Gasteiger partial charge in [0.1, 0.15) is 0 Å². The number of nitrogens with one attached hydrogen (secondary N) is 1. The van der Waals surface area contributed by atoms with Crippen molar-refractivity contribution in [2.75, 3.05) is 31.9 Å². The van der Waals surface area contributed by atoms with Gasteiger partial charge in [-0.2, -0.15) is 11.8 Å². The number of likely N-dealkylation sites (N-methyl/N-ethyl adjacent to an activating group) is 1. The molecule has 1 saturated heterocycles. The van der Waals surface area contributed by atoms with Crippen molar-refractivity contribution in [3.05, 3.63) is 35.4 Å². The Kier molecular flexibility index (Phi) is 6.91. The van der Waals surface area contributed by atoms with Crippen LogP contribution in [0.4, 0.5) is 0 Å². The molecule has 1 aromatic carbocycles. The van der Waals surface area contributed by atoms with E-state index in [0.717, 1.165) is 31.3 Å². The Labute approximate surface area is 128 Å². The van der Waals surface area contributed by atoms with E-state index in [2.05, 4.69) is 60.1 Å². The smallest absolute Gasteiger partial charge is 0.0237 e. The Balaban J connectivity index is 1.94. The summed E-state index contributed by atoms with van der Waals surface area (Å²) in [6, 6.07) is 8.96. The molecule has 0 aromatic heterocycles. The van der Waals surface area contributed by atoms with Crippen LogP contribution in [-0.2, 0) is 13.0 Å². The molecule has 112 valence electrons. The second kappa shape index (κ2) is 8.71. The van der Waals surface area contributed by atoms with Crippen LogP contribution in [0.1, 0.15) is 31.4 Å². The topological polar surface area (TPSA) is 15.3 Å². The fourth-order valence-corrected chi connectivity index (χ4v) is 4.02. The Morgan fingerprint density at radius 1 is 1.25 bits per heavy atom. The molecule has 20 heavy (non-hydrogen) atoms. The van der Waals surface area contributed by atoms with Gasteiger partial charge in [0.25, 0.3) is 0 Å². The Hall–Kier alpha value is -0.510. The Morgan fingerprint density at radius 3 is 2.80 bits per heavy atom. The third-order valence-electron chi connectivity index (χ3n) is 4.01. The van der Waals surface area contributed by atoms with Gasteiger partial charge in [-0.25, -0.2) is 0 Å². The van der Waals surface area contributed by atoms with E-state index in [-0.39, 0.29) is 0 Å². The monoisotopic (exact) mass is 292 g/mol. The number of thioether (sulfide) groups is 1. The summed E-state index contributed by atoms with van der Waals surface area (Å²) in [5.41, 5.74) is 3.03. The lowest BCUT2D eigenvalue weighted by Crippen LogP contribution is -2.37. The number of nitrogens with zero attached hydrogens (tertiary/aromatic N) is 1. The first-order chi connectivity index (χ1) is 9.83. The summed E-state index contributed by atoms with van der Waals surface area (Å²) in [5.74, 6) is 1.29. The summed E-state index contributed by atoms with van der Waals surface area (Å²) >= 11 is 2.15. The Bertz CT molecular complexity index is 394. The zero-order valence-electron chi connectivity index (χ0n) is 12.9. The van der Waals surface area contributed by atoms with Crippen LogP contribution >= 0.6 is 11.8 Å². The number of benzene rings is 1. The van der Waals surface area contributed by atoms with E-state index >= 15 is 0 Å². The first-order valence-corrected chi connectivity index (χ1v) is 8.99. The number of hydrogen-bond acceptors (Lipinski definition) is 3. The average molecular weight is 292 g/mol. The van der Waals surface area contributed by atoms with Crippen LogP contribution in [0.3, 0.4) is 0 Å². The second-order valence-corrected chi connectivity index (χ2v) is 6.92. The van der Waals surface area contributed by atoms with Crippen molar-refractivity contribution >= 4 is 11.8 Å². The fourth-order valence-electron chi connectivity index (χ4n) is 2.77. The maximum absolute atomic E-state index is 3.43. The molecule has 3 heteroatoms. The zero-order chi connectivity index (χ0) is 14.2. The van der Waals surface area contributed by atoms with E-state index < -0.39 is 0 Å². The highest BCUT2D eigenvalue weighted by Crippen LogP contribution is 2.23. The third kappa shape index (κ3) is 4.80. The Morgan fingerprint density at radius 2 is 2.05 bits per heavy atom. The van der Waals surface area contributed by atoms with Gasteiger partial charge in [-0.1, -0.05) is 38.1 Å². The van der Waals surface area contributed by atoms with E-state index in [1.165, 1.54) is 36.4 Å². The minimum Gasteiger partial charge on any atom is -0.317 e. The van der Waals surface area contributed by atoms with E-state index in [9.17, 15) is 0 Å². The summed E-state index contributed by atoms with van der Waals surface area (Å²) in [4.78, 5) is 2.64. The normalized spacial score (nSPS) is 20.2. The maximum Gasteiger partial charge on any atom is 0.0237 e. The van der Waals surface area contributed by atoms with E-state index in [1.807, 2.05) is 0 Å². The molecule has 1 heterocycles. The molecular weight excluding hydrogens is 264 g/mol. The van der Waals surface area contributed by atoms with Gasteiger partial charge in [-0.05, 0) is 37.1 Å². The largest absolute Gasteiger partial charge is 0.317 e. The molecule has 1 unspecified atom stereocenters. The molecule has 1 N–H and O–H groups in total. The highest BCUT2D eigenvalue weighted by molar-refractivity contribution is 8.00. The summed E-state index contributed by atoms with van der Waals surface area (Å²) in [6.45, 7) is 10.2. The molecule has 0 saturated carbocycles. The average Bonchev–Trinajstić information content (AvgIpc) is 2.49. The molecular formula is C17H28N2S. The van der Waals surface area contributed by atoms with Crippen LogP contribution < -0.4 is 5.32 Å². The predicted octanol–water partition coefficient (Wildman–Crippen LogP) is 3.17. The molecule has 2 nitrogen and oxygen atoms in total. The van der Waals surface area contributed by atoms with Gasteiger partial charge < -0.3 is 5.32 Å². The minimum absolute atomic E-state index is 0.831. The lowest BCUT2D eigenvalue weighted by molar-refractivity contribution is 0.272. The van der Waals surface area contributed by atoms with Crippen molar-refractivity contribution in [1.82, 2.24) is 10.2 Å². The molecule has 2 rings (SSSR count). The molecule has 0 radical (unpaired) electrons. The summed E-state index contributed by atoms with van der Waals surface area (Å²) in [5, 5.41) is 4.26. The molecule has 1 aliphatic heterocycles. The fraction of sp³-hybridized carbons (Fsp3) is 0.647. The summed E-state index contributed by atoms with van der Waals surface area (Å²) in [6.07, 6.45) is 2.44. The quantitative estimate of drug-likeness (QED) is 0.777. The van der Waals surface area contributed by atoms with E-state index in [0.29, 0.717) is 0 Å². The molecule has 0 aliphatic carbocycles. The molecule has 1 atom stereocenters. The van der Waals surface area contributed by atoms with Gasteiger partial charge in [0, 0.05) is 30.6 Å². The van der Waals surface area contributed by atoms with Gasteiger partial charge in [-0.15, -0.1) is 0 Å². The highest BCUT2D eigenvalue weighted by Gasteiger charge is 2.19. The van der Waals surface area contributed by atoms with Gasteiger partial charge in [-0.3, -0.25) is 4.90 Å². The lowest BCUT2D eigenvalue weighted by atomic mass is 10.0. The van der Waals surface area contributed by atoms with Crippen molar-refractivity contribution in [2.45, 2.75) is 38.5 Å². The van der Waals surface area contributed by atoms with Crippen molar-refractivity contribution in [3.8, 4) is 0 Å². The summed E-state index contributed by atoms with van der Waals surface area (Å²) < 4.78 is 0. The van der Waals surface area contributed by atoms with Crippen molar-refractivity contribution in [1.29, 1.82) is 0 Å². The van der Waals surface area contributed by atoms with Crippen LogP contribution in [0.25, 0.3) is 0 Å². The molecule has 0 spiro atoms.